The molecule has 0 saturated heterocycles. The van der Waals surface area contributed by atoms with E-state index in [1.54, 1.807) is 7.05 Å². The van der Waals surface area contributed by atoms with Gasteiger partial charge in [0.2, 0.25) is 10.0 Å². The van der Waals surface area contributed by atoms with E-state index in [4.69, 9.17) is 4.74 Å². The van der Waals surface area contributed by atoms with E-state index in [0.29, 0.717) is 30.1 Å². The molecule has 1 amide bonds. The SMILES string of the molecule is CCOCCn1c(=NC(=O)c2ccc(S(=O)(=O)N(C)Cc3ccccc3)cc2)sc2c(C)cc(C)cc21. The zero-order valence-corrected chi connectivity index (χ0v) is 23.1. The fourth-order valence-corrected chi connectivity index (χ4v) is 6.40. The average Bonchev–Trinajstić information content (AvgIpc) is 3.22. The topological polar surface area (TPSA) is 81.0 Å². The maximum Gasteiger partial charge on any atom is 0.279 e. The van der Waals surface area contributed by atoms with E-state index < -0.39 is 15.9 Å². The van der Waals surface area contributed by atoms with E-state index in [-0.39, 0.29) is 11.4 Å². The van der Waals surface area contributed by atoms with Crippen LogP contribution in [-0.2, 0) is 27.8 Å². The Morgan fingerprint density at radius 3 is 2.43 bits per heavy atom. The van der Waals surface area contributed by atoms with Crippen LogP contribution >= 0.6 is 11.3 Å². The van der Waals surface area contributed by atoms with Crippen LogP contribution in [0.2, 0.25) is 0 Å². The highest BCUT2D eigenvalue weighted by molar-refractivity contribution is 7.89. The molecule has 4 aromatic rings. The van der Waals surface area contributed by atoms with Gasteiger partial charge in [-0.3, -0.25) is 4.79 Å². The largest absolute Gasteiger partial charge is 0.380 e. The summed E-state index contributed by atoms with van der Waals surface area (Å²) in [6.07, 6.45) is 0. The van der Waals surface area contributed by atoms with Crippen molar-refractivity contribution in [2.24, 2.45) is 4.99 Å². The monoisotopic (exact) mass is 537 g/mol. The highest BCUT2D eigenvalue weighted by Crippen LogP contribution is 2.24. The lowest BCUT2D eigenvalue weighted by molar-refractivity contribution is 0.0996. The van der Waals surface area contributed by atoms with Crippen molar-refractivity contribution in [3.05, 3.63) is 93.8 Å². The van der Waals surface area contributed by atoms with E-state index in [1.807, 2.05) is 48.7 Å². The first kappa shape index (κ1) is 26.9. The molecular formula is C28H31N3O4S2. The summed E-state index contributed by atoms with van der Waals surface area (Å²) < 4.78 is 36.0. The number of carbonyl (C=O) groups excluding carboxylic acids is 1. The number of nitrogens with zero attached hydrogens (tertiary/aromatic N) is 3. The summed E-state index contributed by atoms with van der Waals surface area (Å²) in [7, 11) is -2.16. The summed E-state index contributed by atoms with van der Waals surface area (Å²) in [6, 6.07) is 19.6. The maximum atomic E-state index is 13.1. The highest BCUT2D eigenvalue weighted by Gasteiger charge is 2.21. The van der Waals surface area contributed by atoms with Gasteiger partial charge in [0.25, 0.3) is 5.91 Å². The summed E-state index contributed by atoms with van der Waals surface area (Å²) >= 11 is 1.47. The van der Waals surface area contributed by atoms with Crippen molar-refractivity contribution < 1.29 is 17.9 Å². The lowest BCUT2D eigenvalue weighted by Gasteiger charge is -2.17. The molecule has 0 atom stereocenters. The molecule has 0 aliphatic carbocycles. The number of thiazole rings is 1. The van der Waals surface area contributed by atoms with Gasteiger partial charge in [-0.25, -0.2) is 8.42 Å². The van der Waals surface area contributed by atoms with Gasteiger partial charge in [0.15, 0.2) is 4.80 Å². The molecule has 0 fully saturated rings. The third kappa shape index (κ3) is 6.07. The minimum Gasteiger partial charge on any atom is -0.380 e. The normalized spacial score (nSPS) is 12.5. The predicted molar refractivity (Wildman–Crippen MR) is 147 cm³/mol. The summed E-state index contributed by atoms with van der Waals surface area (Å²) in [6.45, 7) is 8.01. The third-order valence-electron chi connectivity index (χ3n) is 6.03. The first-order valence-corrected chi connectivity index (χ1v) is 14.3. The van der Waals surface area contributed by atoms with Gasteiger partial charge in [0.05, 0.1) is 21.7 Å². The van der Waals surface area contributed by atoms with Gasteiger partial charge in [0.1, 0.15) is 0 Å². The number of ether oxygens (including phenoxy) is 1. The summed E-state index contributed by atoms with van der Waals surface area (Å²) in [5.41, 5.74) is 4.52. The Hall–Kier alpha value is -3.11. The standard InChI is InChI=1S/C28H31N3O4S2/c1-5-35-16-15-31-25-18-20(2)17-21(3)26(25)36-28(31)29-27(32)23-11-13-24(14-12-23)37(33,34)30(4)19-22-9-7-6-8-10-22/h6-14,17-18H,5,15-16,19H2,1-4H3. The second-order valence-electron chi connectivity index (χ2n) is 8.85. The molecule has 0 saturated carbocycles. The van der Waals surface area contributed by atoms with Crippen molar-refractivity contribution in [3.63, 3.8) is 0 Å². The van der Waals surface area contributed by atoms with Gasteiger partial charge in [-0.1, -0.05) is 47.7 Å². The van der Waals surface area contributed by atoms with Crippen LogP contribution in [0.15, 0.2) is 76.6 Å². The van der Waals surface area contributed by atoms with E-state index in [0.717, 1.165) is 26.9 Å². The third-order valence-corrected chi connectivity index (χ3v) is 9.08. The van der Waals surface area contributed by atoms with Crippen LogP contribution < -0.4 is 4.80 Å². The molecule has 4 rings (SSSR count). The zero-order chi connectivity index (χ0) is 26.6. The van der Waals surface area contributed by atoms with Gasteiger partial charge < -0.3 is 9.30 Å². The second kappa shape index (κ2) is 11.5. The smallest absolute Gasteiger partial charge is 0.279 e. The van der Waals surface area contributed by atoms with Crippen molar-refractivity contribution in [1.29, 1.82) is 0 Å². The number of hydrogen-bond acceptors (Lipinski definition) is 5. The Morgan fingerprint density at radius 2 is 1.76 bits per heavy atom. The fourth-order valence-electron chi connectivity index (χ4n) is 4.14. The van der Waals surface area contributed by atoms with E-state index >= 15 is 0 Å². The van der Waals surface area contributed by atoms with Gasteiger partial charge >= 0.3 is 0 Å². The van der Waals surface area contributed by atoms with Crippen LogP contribution in [0.25, 0.3) is 10.2 Å². The minimum absolute atomic E-state index is 0.127. The van der Waals surface area contributed by atoms with E-state index in [2.05, 4.69) is 24.0 Å². The predicted octanol–water partition coefficient (Wildman–Crippen LogP) is 4.92. The number of fused-ring (bicyclic) bond motifs is 1. The molecule has 0 aliphatic rings. The Morgan fingerprint density at radius 1 is 1.05 bits per heavy atom. The highest BCUT2D eigenvalue weighted by atomic mass is 32.2. The van der Waals surface area contributed by atoms with Crippen LogP contribution in [0, 0.1) is 13.8 Å². The van der Waals surface area contributed by atoms with Gasteiger partial charge in [0, 0.05) is 32.3 Å². The molecule has 0 radical (unpaired) electrons. The Labute approximate surface area is 221 Å². The van der Waals surface area contributed by atoms with Gasteiger partial charge in [-0.15, -0.1) is 0 Å². The van der Waals surface area contributed by atoms with Gasteiger partial charge in [-0.2, -0.15) is 9.30 Å². The molecule has 0 spiro atoms. The zero-order valence-electron chi connectivity index (χ0n) is 21.5. The molecule has 0 bridgehead atoms. The first-order valence-electron chi connectivity index (χ1n) is 12.1. The molecule has 9 heteroatoms. The second-order valence-corrected chi connectivity index (χ2v) is 11.9. The number of aromatic nitrogens is 1. The van der Waals surface area contributed by atoms with Crippen LogP contribution in [0.3, 0.4) is 0 Å². The van der Waals surface area contributed by atoms with Crippen LogP contribution in [-0.4, -0.2) is 43.5 Å². The van der Waals surface area contributed by atoms with Crippen molar-refractivity contribution in [3.8, 4) is 0 Å². The minimum atomic E-state index is -3.71. The molecule has 0 N–H and O–H groups in total. The summed E-state index contributed by atoms with van der Waals surface area (Å²) in [4.78, 5) is 18.2. The molecule has 0 unspecified atom stereocenters. The van der Waals surface area contributed by atoms with Crippen molar-refractivity contribution in [2.45, 2.75) is 38.8 Å². The summed E-state index contributed by atoms with van der Waals surface area (Å²) in [5.74, 6) is -0.423. The summed E-state index contributed by atoms with van der Waals surface area (Å²) in [5, 5.41) is 0. The van der Waals surface area contributed by atoms with Crippen LogP contribution in [0.5, 0.6) is 0 Å². The molecular weight excluding hydrogens is 506 g/mol. The van der Waals surface area contributed by atoms with Crippen molar-refractivity contribution in [1.82, 2.24) is 8.87 Å². The molecule has 1 aromatic heterocycles. The lowest BCUT2D eigenvalue weighted by atomic mass is 10.1. The average molecular weight is 538 g/mol. The number of sulfonamides is 1. The first-order chi connectivity index (χ1) is 17.7. The molecule has 0 aliphatic heterocycles. The molecule has 194 valence electrons. The van der Waals surface area contributed by atoms with Crippen molar-refractivity contribution >= 4 is 37.5 Å². The molecule has 1 heterocycles. The number of amides is 1. The Balaban J connectivity index is 1.62. The van der Waals surface area contributed by atoms with Crippen LogP contribution in [0.1, 0.15) is 34.0 Å². The molecule has 7 nitrogen and oxygen atoms in total. The molecule has 3 aromatic carbocycles. The van der Waals surface area contributed by atoms with E-state index in [9.17, 15) is 13.2 Å². The fraction of sp³-hybridized carbons (Fsp3) is 0.286. The maximum absolute atomic E-state index is 13.1. The molecule has 37 heavy (non-hydrogen) atoms. The number of carbonyl (C=O) groups is 1. The van der Waals surface area contributed by atoms with E-state index in [1.165, 1.54) is 39.9 Å². The Kier molecular flexibility index (Phi) is 8.39. The Bertz CT molecular complexity index is 1570. The number of aryl methyl sites for hydroxylation is 2. The van der Waals surface area contributed by atoms with Crippen LogP contribution in [0.4, 0.5) is 0 Å². The van der Waals surface area contributed by atoms with Gasteiger partial charge in [-0.05, 0) is 67.8 Å². The number of benzene rings is 3. The van der Waals surface area contributed by atoms with Crippen molar-refractivity contribution in [2.75, 3.05) is 20.3 Å². The number of hydrogen-bond donors (Lipinski definition) is 0. The lowest BCUT2D eigenvalue weighted by Crippen LogP contribution is -2.26. The quantitative estimate of drug-likeness (QED) is 0.284. The number of rotatable bonds is 9.